The average Bonchev–Trinajstić information content (AvgIpc) is 3.26. The Kier molecular flexibility index (Phi) is 5.69. The minimum Gasteiger partial charge on any atom is -0.451 e. The second-order valence-corrected chi connectivity index (χ2v) is 10.9. The number of rotatable bonds is 5. The molecule has 0 saturated carbocycles. The molecule has 1 amide bonds. The van der Waals surface area contributed by atoms with Crippen molar-refractivity contribution in [2.24, 2.45) is 0 Å². The van der Waals surface area contributed by atoms with E-state index < -0.39 is 9.84 Å². The molecule has 164 valence electrons. The zero-order chi connectivity index (χ0) is 22.3. The number of carbonyl (C=O) groups excluding carboxylic acids is 1. The fourth-order valence-corrected chi connectivity index (χ4v) is 6.01. The third-order valence-electron chi connectivity index (χ3n) is 6.44. The Hall–Kier alpha value is -2.60. The minimum atomic E-state index is -3.13. The molecule has 3 aromatic rings. The lowest BCUT2D eigenvalue weighted by molar-refractivity contribution is 0.0649. The van der Waals surface area contributed by atoms with Gasteiger partial charge in [0.15, 0.2) is 15.6 Å². The number of carbonyl (C=O) groups is 1. The SMILES string of the molecule is CCc1ccc(CN(C(=O)c2oc3cc(C)c(C)cc3c2C)[C@@H]2CCS(=O)(=O)C2)cc1. The quantitative estimate of drug-likeness (QED) is 0.575. The van der Waals surface area contributed by atoms with Gasteiger partial charge >= 0.3 is 0 Å². The second kappa shape index (κ2) is 8.15. The van der Waals surface area contributed by atoms with Gasteiger partial charge in [-0.3, -0.25) is 4.79 Å². The Bertz CT molecular complexity index is 1240. The van der Waals surface area contributed by atoms with Crippen LogP contribution in [0.5, 0.6) is 0 Å². The lowest BCUT2D eigenvalue weighted by atomic mass is 10.0. The molecule has 1 aromatic heterocycles. The maximum Gasteiger partial charge on any atom is 0.290 e. The smallest absolute Gasteiger partial charge is 0.290 e. The molecule has 0 unspecified atom stereocenters. The standard InChI is InChI=1S/C25H29NO4S/c1-5-19-6-8-20(9-7-19)14-26(21-10-11-31(28,29)15-21)25(27)24-18(4)22-12-16(2)17(3)13-23(22)30-24/h6-9,12-13,21H,5,10-11,14-15H2,1-4H3/t21-/m1/s1. The number of hydrogen-bond acceptors (Lipinski definition) is 4. The van der Waals surface area contributed by atoms with Crippen molar-refractivity contribution in [3.8, 4) is 0 Å². The van der Waals surface area contributed by atoms with E-state index in [2.05, 4.69) is 19.1 Å². The summed E-state index contributed by atoms with van der Waals surface area (Å²) in [5.41, 5.74) is 5.95. The van der Waals surface area contributed by atoms with Gasteiger partial charge in [-0.15, -0.1) is 0 Å². The summed E-state index contributed by atoms with van der Waals surface area (Å²) in [6.07, 6.45) is 1.40. The second-order valence-electron chi connectivity index (χ2n) is 8.65. The van der Waals surface area contributed by atoms with E-state index in [1.807, 2.05) is 45.0 Å². The summed E-state index contributed by atoms with van der Waals surface area (Å²) in [4.78, 5) is 15.4. The topological polar surface area (TPSA) is 67.6 Å². The minimum absolute atomic E-state index is 0.00325. The maximum absolute atomic E-state index is 13.7. The zero-order valence-electron chi connectivity index (χ0n) is 18.6. The van der Waals surface area contributed by atoms with Gasteiger partial charge in [-0.25, -0.2) is 8.42 Å². The van der Waals surface area contributed by atoms with Crippen molar-refractivity contribution in [3.05, 3.63) is 70.0 Å². The highest BCUT2D eigenvalue weighted by Gasteiger charge is 2.36. The Morgan fingerprint density at radius 2 is 1.71 bits per heavy atom. The molecule has 0 bridgehead atoms. The van der Waals surface area contributed by atoms with Crippen LogP contribution in [0.4, 0.5) is 0 Å². The molecule has 0 spiro atoms. The van der Waals surface area contributed by atoms with Gasteiger partial charge in [0.25, 0.3) is 5.91 Å². The van der Waals surface area contributed by atoms with Crippen LogP contribution in [0, 0.1) is 20.8 Å². The van der Waals surface area contributed by atoms with Crippen LogP contribution >= 0.6 is 0 Å². The van der Waals surface area contributed by atoms with Gasteiger partial charge in [-0.2, -0.15) is 0 Å². The number of sulfone groups is 1. The van der Waals surface area contributed by atoms with Crippen LogP contribution in [-0.2, 0) is 22.8 Å². The Labute approximate surface area is 184 Å². The van der Waals surface area contributed by atoms with Crippen molar-refractivity contribution in [2.45, 2.75) is 53.1 Å². The van der Waals surface area contributed by atoms with E-state index in [4.69, 9.17) is 4.42 Å². The van der Waals surface area contributed by atoms with Crippen molar-refractivity contribution in [1.82, 2.24) is 4.90 Å². The lowest BCUT2D eigenvalue weighted by Crippen LogP contribution is -2.40. The molecule has 1 aliphatic rings. The molecule has 2 heterocycles. The van der Waals surface area contributed by atoms with Crippen LogP contribution < -0.4 is 0 Å². The van der Waals surface area contributed by atoms with Crippen LogP contribution in [0.25, 0.3) is 11.0 Å². The number of aryl methyl sites for hydroxylation is 4. The summed E-state index contributed by atoms with van der Waals surface area (Å²) in [5.74, 6) is 0.178. The summed E-state index contributed by atoms with van der Waals surface area (Å²) >= 11 is 0. The first-order valence-electron chi connectivity index (χ1n) is 10.8. The molecule has 1 fully saturated rings. The molecular formula is C25H29NO4S. The molecule has 0 radical (unpaired) electrons. The van der Waals surface area contributed by atoms with Gasteiger partial charge in [0.05, 0.1) is 11.5 Å². The number of fused-ring (bicyclic) bond motifs is 1. The predicted octanol–water partition coefficient (Wildman–Crippen LogP) is 4.75. The molecule has 1 saturated heterocycles. The first kappa shape index (κ1) is 21.6. The summed E-state index contributed by atoms with van der Waals surface area (Å²) in [5, 5.41) is 0.928. The van der Waals surface area contributed by atoms with E-state index in [9.17, 15) is 13.2 Å². The average molecular weight is 440 g/mol. The van der Waals surface area contributed by atoms with E-state index >= 15 is 0 Å². The molecule has 1 atom stereocenters. The molecule has 4 rings (SSSR count). The van der Waals surface area contributed by atoms with Gasteiger partial charge < -0.3 is 9.32 Å². The van der Waals surface area contributed by atoms with Crippen LogP contribution in [-0.4, -0.2) is 36.8 Å². The molecule has 6 heteroatoms. The molecule has 0 aliphatic carbocycles. The Morgan fingerprint density at radius 3 is 2.32 bits per heavy atom. The summed E-state index contributed by atoms with van der Waals surface area (Å²) in [6, 6.07) is 11.8. The Morgan fingerprint density at radius 1 is 1.06 bits per heavy atom. The number of hydrogen-bond donors (Lipinski definition) is 0. The molecule has 5 nitrogen and oxygen atoms in total. The van der Waals surface area contributed by atoms with Gasteiger partial charge in [-0.05, 0) is 68.0 Å². The third kappa shape index (κ3) is 4.26. The van der Waals surface area contributed by atoms with Crippen molar-refractivity contribution in [2.75, 3.05) is 11.5 Å². The van der Waals surface area contributed by atoms with E-state index in [1.165, 1.54) is 5.56 Å². The maximum atomic E-state index is 13.7. The van der Waals surface area contributed by atoms with Crippen molar-refractivity contribution in [3.63, 3.8) is 0 Å². The molecular weight excluding hydrogens is 410 g/mol. The summed E-state index contributed by atoms with van der Waals surface area (Å²) < 4.78 is 30.3. The molecule has 31 heavy (non-hydrogen) atoms. The van der Waals surface area contributed by atoms with E-state index in [0.29, 0.717) is 24.3 Å². The van der Waals surface area contributed by atoms with Gasteiger partial charge in [0.1, 0.15) is 5.58 Å². The zero-order valence-corrected chi connectivity index (χ0v) is 19.4. The number of furan rings is 1. The van der Waals surface area contributed by atoms with Crippen LogP contribution in [0.1, 0.15) is 51.7 Å². The fraction of sp³-hybridized carbons (Fsp3) is 0.400. The number of amides is 1. The van der Waals surface area contributed by atoms with Gasteiger partial charge in [0, 0.05) is 23.5 Å². The van der Waals surface area contributed by atoms with Crippen LogP contribution in [0.3, 0.4) is 0 Å². The van der Waals surface area contributed by atoms with Crippen LogP contribution in [0.2, 0.25) is 0 Å². The molecule has 1 aliphatic heterocycles. The van der Waals surface area contributed by atoms with E-state index in [-0.39, 0.29) is 23.5 Å². The van der Waals surface area contributed by atoms with E-state index in [1.54, 1.807) is 4.90 Å². The lowest BCUT2D eigenvalue weighted by Gasteiger charge is -2.28. The molecule has 0 N–H and O–H groups in total. The van der Waals surface area contributed by atoms with Gasteiger partial charge in [0.2, 0.25) is 0 Å². The number of benzene rings is 2. The normalized spacial score (nSPS) is 17.9. The monoisotopic (exact) mass is 439 g/mol. The highest BCUT2D eigenvalue weighted by Crippen LogP contribution is 2.31. The summed E-state index contributed by atoms with van der Waals surface area (Å²) in [7, 11) is -3.13. The first-order chi connectivity index (χ1) is 14.7. The largest absolute Gasteiger partial charge is 0.451 e. The highest BCUT2D eigenvalue weighted by molar-refractivity contribution is 7.91. The van der Waals surface area contributed by atoms with E-state index in [0.717, 1.165) is 34.1 Å². The van der Waals surface area contributed by atoms with Crippen molar-refractivity contribution >= 4 is 26.7 Å². The predicted molar refractivity (Wildman–Crippen MR) is 123 cm³/mol. The van der Waals surface area contributed by atoms with Gasteiger partial charge in [-0.1, -0.05) is 31.2 Å². The van der Waals surface area contributed by atoms with Crippen LogP contribution in [0.15, 0.2) is 40.8 Å². The first-order valence-corrected chi connectivity index (χ1v) is 12.6. The molecule has 2 aromatic carbocycles. The third-order valence-corrected chi connectivity index (χ3v) is 8.19. The highest BCUT2D eigenvalue weighted by atomic mass is 32.2. The summed E-state index contributed by atoms with van der Waals surface area (Å²) in [6.45, 7) is 8.41. The Balaban J connectivity index is 1.72. The fourth-order valence-electron chi connectivity index (χ4n) is 4.28. The van der Waals surface area contributed by atoms with Crippen molar-refractivity contribution < 1.29 is 17.6 Å². The van der Waals surface area contributed by atoms with Crippen molar-refractivity contribution in [1.29, 1.82) is 0 Å². The number of nitrogens with zero attached hydrogens (tertiary/aromatic N) is 1.